The predicted octanol–water partition coefficient (Wildman–Crippen LogP) is 1.97. The maximum atomic E-state index is 11.3. The Morgan fingerprint density at radius 2 is 2.06 bits per heavy atom. The summed E-state index contributed by atoms with van der Waals surface area (Å²) in [6.07, 6.45) is 2.30. The molecule has 0 saturated carbocycles. The molecule has 4 nitrogen and oxygen atoms in total. The first-order valence-corrected chi connectivity index (χ1v) is 5.44. The van der Waals surface area contributed by atoms with Gasteiger partial charge in [-0.05, 0) is 30.2 Å². The molecule has 2 N–H and O–H groups in total. The highest BCUT2D eigenvalue weighted by Gasteiger charge is 2.09. The van der Waals surface area contributed by atoms with Crippen molar-refractivity contribution < 1.29 is 9.59 Å². The van der Waals surface area contributed by atoms with E-state index >= 15 is 0 Å². The van der Waals surface area contributed by atoms with E-state index in [0.717, 1.165) is 16.7 Å². The molecule has 0 radical (unpaired) electrons. The highest BCUT2D eigenvalue weighted by Crippen LogP contribution is 2.24. The second-order valence-corrected chi connectivity index (χ2v) is 3.93. The van der Waals surface area contributed by atoms with E-state index in [-0.39, 0.29) is 0 Å². The zero-order valence-corrected chi connectivity index (χ0v) is 9.88. The van der Waals surface area contributed by atoms with Crippen LogP contribution in [-0.4, -0.2) is 17.2 Å². The lowest BCUT2D eigenvalue weighted by atomic mass is 9.97. The Balaban J connectivity index is 2.53. The molecular weight excluding hydrogens is 228 g/mol. The summed E-state index contributed by atoms with van der Waals surface area (Å²) in [6, 6.07) is 8.78. The fourth-order valence-electron chi connectivity index (χ4n) is 1.85. The largest absolute Gasteiger partial charge is 0.366 e. The summed E-state index contributed by atoms with van der Waals surface area (Å²) in [6.45, 7) is 1.84. The first-order chi connectivity index (χ1) is 8.63. The molecule has 0 aliphatic heterocycles. The normalized spacial score (nSPS) is 10.1. The quantitative estimate of drug-likeness (QED) is 0.833. The molecule has 1 aromatic carbocycles. The molecule has 0 unspecified atom stereocenters. The highest BCUT2D eigenvalue weighted by molar-refractivity contribution is 5.96. The summed E-state index contributed by atoms with van der Waals surface area (Å²) in [4.78, 5) is 25.8. The van der Waals surface area contributed by atoms with E-state index in [0.29, 0.717) is 17.5 Å². The average Bonchev–Trinajstić information content (AvgIpc) is 2.39. The molecule has 4 heteroatoms. The van der Waals surface area contributed by atoms with Crippen LogP contribution in [0.4, 0.5) is 0 Å². The molecule has 0 aliphatic carbocycles. The maximum Gasteiger partial charge on any atom is 0.248 e. The van der Waals surface area contributed by atoms with Crippen molar-refractivity contribution in [1.29, 1.82) is 0 Å². The lowest BCUT2D eigenvalue weighted by Crippen LogP contribution is -2.12. The number of benzene rings is 1. The van der Waals surface area contributed by atoms with Gasteiger partial charge in [-0.25, -0.2) is 0 Å². The molecule has 0 bridgehead atoms. The van der Waals surface area contributed by atoms with Gasteiger partial charge in [0.05, 0.1) is 0 Å². The second-order valence-electron chi connectivity index (χ2n) is 3.93. The Morgan fingerprint density at radius 1 is 1.28 bits per heavy atom. The van der Waals surface area contributed by atoms with Gasteiger partial charge in [-0.3, -0.25) is 14.6 Å². The predicted molar refractivity (Wildman–Crippen MR) is 68.3 cm³/mol. The van der Waals surface area contributed by atoms with E-state index < -0.39 is 5.91 Å². The SMILES string of the molecule is Cc1c(C(N)=O)cccc1-c1ccc(C=O)nc1. The Kier molecular flexibility index (Phi) is 3.19. The van der Waals surface area contributed by atoms with Crippen LogP contribution in [0.3, 0.4) is 0 Å². The summed E-state index contributed by atoms with van der Waals surface area (Å²) in [5.41, 5.74) is 8.72. The fourth-order valence-corrected chi connectivity index (χ4v) is 1.85. The number of hydrogen-bond acceptors (Lipinski definition) is 3. The number of nitrogens with zero attached hydrogens (tertiary/aromatic N) is 1. The molecule has 0 saturated heterocycles. The lowest BCUT2D eigenvalue weighted by molar-refractivity contribution is 0.0999. The standard InChI is InChI=1S/C14H12N2O2/c1-9-12(3-2-4-13(9)14(15)18)10-5-6-11(8-17)16-7-10/h2-8H,1H3,(H2,15,18). The van der Waals surface area contributed by atoms with Crippen molar-refractivity contribution in [3.63, 3.8) is 0 Å². The topological polar surface area (TPSA) is 73.1 Å². The molecule has 1 aromatic heterocycles. The Labute approximate surface area is 104 Å². The van der Waals surface area contributed by atoms with Crippen LogP contribution in [0.25, 0.3) is 11.1 Å². The zero-order chi connectivity index (χ0) is 13.1. The van der Waals surface area contributed by atoms with Gasteiger partial charge >= 0.3 is 0 Å². The molecule has 0 atom stereocenters. The molecule has 1 amide bonds. The molecule has 2 aromatic rings. The summed E-state index contributed by atoms with van der Waals surface area (Å²) in [5.74, 6) is -0.452. The monoisotopic (exact) mass is 240 g/mol. The number of primary amides is 1. The number of pyridine rings is 1. The van der Waals surface area contributed by atoms with E-state index in [1.807, 2.05) is 13.0 Å². The zero-order valence-electron chi connectivity index (χ0n) is 9.88. The van der Waals surface area contributed by atoms with Crippen molar-refractivity contribution in [2.24, 2.45) is 5.73 Å². The second kappa shape index (κ2) is 4.79. The third-order valence-corrected chi connectivity index (χ3v) is 2.82. The first kappa shape index (κ1) is 12.0. The van der Waals surface area contributed by atoms with Gasteiger partial charge in [-0.15, -0.1) is 0 Å². The van der Waals surface area contributed by atoms with Crippen LogP contribution < -0.4 is 5.73 Å². The number of rotatable bonds is 3. The number of hydrogen-bond donors (Lipinski definition) is 1. The van der Waals surface area contributed by atoms with Crippen LogP contribution in [-0.2, 0) is 0 Å². The molecular formula is C14H12N2O2. The molecule has 0 aliphatic rings. The van der Waals surface area contributed by atoms with Crippen LogP contribution in [0.5, 0.6) is 0 Å². The number of carbonyl (C=O) groups is 2. The molecule has 18 heavy (non-hydrogen) atoms. The smallest absolute Gasteiger partial charge is 0.248 e. The van der Waals surface area contributed by atoms with Crippen molar-refractivity contribution in [2.75, 3.05) is 0 Å². The molecule has 1 heterocycles. The van der Waals surface area contributed by atoms with Crippen molar-refractivity contribution in [1.82, 2.24) is 4.98 Å². The fraction of sp³-hybridized carbons (Fsp3) is 0.0714. The molecule has 90 valence electrons. The molecule has 2 rings (SSSR count). The third kappa shape index (κ3) is 2.13. The van der Waals surface area contributed by atoms with E-state index in [4.69, 9.17) is 5.73 Å². The van der Waals surface area contributed by atoms with Crippen LogP contribution in [0.2, 0.25) is 0 Å². The highest BCUT2D eigenvalue weighted by atomic mass is 16.1. The number of carbonyl (C=O) groups excluding carboxylic acids is 2. The van der Waals surface area contributed by atoms with Crippen molar-refractivity contribution in [2.45, 2.75) is 6.92 Å². The first-order valence-electron chi connectivity index (χ1n) is 5.44. The van der Waals surface area contributed by atoms with Gasteiger partial charge in [-0.1, -0.05) is 18.2 Å². The number of aldehydes is 1. The minimum atomic E-state index is -0.452. The lowest BCUT2D eigenvalue weighted by Gasteiger charge is -2.09. The van der Waals surface area contributed by atoms with E-state index in [9.17, 15) is 9.59 Å². The van der Waals surface area contributed by atoms with Crippen molar-refractivity contribution in [3.8, 4) is 11.1 Å². The van der Waals surface area contributed by atoms with Crippen LogP contribution >= 0.6 is 0 Å². The summed E-state index contributed by atoms with van der Waals surface area (Å²) in [5, 5.41) is 0. The summed E-state index contributed by atoms with van der Waals surface area (Å²) >= 11 is 0. The van der Waals surface area contributed by atoms with Gasteiger partial charge in [-0.2, -0.15) is 0 Å². The average molecular weight is 240 g/mol. The molecule has 0 fully saturated rings. The minimum Gasteiger partial charge on any atom is -0.366 e. The van der Waals surface area contributed by atoms with Gasteiger partial charge in [0.25, 0.3) is 0 Å². The van der Waals surface area contributed by atoms with E-state index in [2.05, 4.69) is 4.98 Å². The van der Waals surface area contributed by atoms with Gasteiger partial charge in [0.2, 0.25) is 5.91 Å². The third-order valence-electron chi connectivity index (χ3n) is 2.82. The Hall–Kier alpha value is -2.49. The van der Waals surface area contributed by atoms with Gasteiger partial charge in [0.15, 0.2) is 6.29 Å². The van der Waals surface area contributed by atoms with Crippen LogP contribution in [0.1, 0.15) is 26.4 Å². The van der Waals surface area contributed by atoms with E-state index in [1.165, 1.54) is 0 Å². The number of aromatic nitrogens is 1. The molecule has 0 spiro atoms. The number of amides is 1. The van der Waals surface area contributed by atoms with Gasteiger partial charge in [0.1, 0.15) is 5.69 Å². The van der Waals surface area contributed by atoms with Crippen molar-refractivity contribution >= 4 is 12.2 Å². The minimum absolute atomic E-state index is 0.377. The van der Waals surface area contributed by atoms with Gasteiger partial charge in [0, 0.05) is 17.3 Å². The Bertz CT molecular complexity index is 604. The van der Waals surface area contributed by atoms with Crippen molar-refractivity contribution in [3.05, 3.63) is 53.3 Å². The summed E-state index contributed by atoms with van der Waals surface area (Å²) < 4.78 is 0. The summed E-state index contributed by atoms with van der Waals surface area (Å²) in [7, 11) is 0. The maximum absolute atomic E-state index is 11.3. The van der Waals surface area contributed by atoms with Crippen LogP contribution in [0, 0.1) is 6.92 Å². The Morgan fingerprint density at radius 3 is 2.61 bits per heavy atom. The number of nitrogens with two attached hydrogens (primary N) is 1. The van der Waals surface area contributed by atoms with E-state index in [1.54, 1.807) is 30.5 Å². The van der Waals surface area contributed by atoms with Gasteiger partial charge < -0.3 is 5.73 Å². The van der Waals surface area contributed by atoms with Crippen LogP contribution in [0.15, 0.2) is 36.5 Å².